The number of ether oxygens (including phenoxy) is 1. The van der Waals surface area contributed by atoms with Gasteiger partial charge in [0.15, 0.2) is 0 Å². The van der Waals surface area contributed by atoms with E-state index in [1.165, 1.54) is 37.6 Å². The van der Waals surface area contributed by atoms with Crippen molar-refractivity contribution in [2.45, 2.75) is 18.6 Å². The highest BCUT2D eigenvalue weighted by Gasteiger charge is 2.14. The lowest BCUT2D eigenvalue weighted by Gasteiger charge is -2.17. The number of hydrogen-bond acceptors (Lipinski definition) is 3. The lowest BCUT2D eigenvalue weighted by molar-refractivity contribution is 0.411. The highest BCUT2D eigenvalue weighted by Crippen LogP contribution is 2.29. The molecule has 2 nitrogen and oxygen atoms in total. The van der Waals surface area contributed by atoms with Gasteiger partial charge in [-0.05, 0) is 24.8 Å². The zero-order valence-corrected chi connectivity index (χ0v) is 15.5. The summed E-state index contributed by atoms with van der Waals surface area (Å²) in [4.78, 5) is 1.78. The summed E-state index contributed by atoms with van der Waals surface area (Å²) in [7, 11) is 3.27. The van der Waals surface area contributed by atoms with Crippen LogP contribution in [0.2, 0.25) is 0 Å². The molecule has 1 aromatic carbocycles. The van der Waals surface area contributed by atoms with E-state index < -0.39 is 11.6 Å². The number of methoxy groups -OCH3 is 1. The highest BCUT2D eigenvalue weighted by molar-refractivity contribution is 7.99. The molecular weight excluding hydrogens is 328 g/mol. The second-order valence-electron chi connectivity index (χ2n) is 5.45. The highest BCUT2D eigenvalue weighted by atomic mass is 32.2. The summed E-state index contributed by atoms with van der Waals surface area (Å²) in [6, 6.07) is 4.35. The predicted molar refractivity (Wildman–Crippen MR) is 101 cm³/mol. The molecule has 0 saturated heterocycles. The first kappa shape index (κ1) is 20.3. The SMILES string of the molecule is C=C/C=C(\C(F)=C/N(C)CCC(C)SC)c1ccc(OC)cc1F. The molecule has 0 heterocycles. The Morgan fingerprint density at radius 2 is 2.17 bits per heavy atom. The average molecular weight is 353 g/mol. The third kappa shape index (κ3) is 6.04. The molecule has 5 heteroatoms. The van der Waals surface area contributed by atoms with Crippen LogP contribution in [0.25, 0.3) is 5.57 Å². The maximum atomic E-state index is 14.7. The van der Waals surface area contributed by atoms with Crippen LogP contribution in [0.5, 0.6) is 5.75 Å². The van der Waals surface area contributed by atoms with E-state index in [1.807, 2.05) is 7.05 Å². The molecule has 132 valence electrons. The number of halogens is 2. The first-order valence-corrected chi connectivity index (χ1v) is 8.99. The van der Waals surface area contributed by atoms with Crippen molar-refractivity contribution in [1.29, 1.82) is 0 Å². The van der Waals surface area contributed by atoms with Crippen LogP contribution in [0.15, 0.2) is 49.0 Å². The Hall–Kier alpha value is -1.75. The van der Waals surface area contributed by atoms with E-state index in [-0.39, 0.29) is 11.1 Å². The fraction of sp³-hybridized carbons (Fsp3) is 0.368. The largest absolute Gasteiger partial charge is 0.497 e. The van der Waals surface area contributed by atoms with Crippen molar-refractivity contribution in [3.05, 3.63) is 60.3 Å². The number of nitrogens with zero attached hydrogens (tertiary/aromatic N) is 1. The lowest BCUT2D eigenvalue weighted by atomic mass is 10.0. The molecule has 0 saturated carbocycles. The van der Waals surface area contributed by atoms with Gasteiger partial charge in [-0.25, -0.2) is 8.78 Å². The zero-order chi connectivity index (χ0) is 18.1. The van der Waals surface area contributed by atoms with Gasteiger partial charge in [0.05, 0.1) is 7.11 Å². The Morgan fingerprint density at radius 1 is 1.46 bits per heavy atom. The minimum absolute atomic E-state index is 0.162. The molecule has 1 atom stereocenters. The third-order valence-corrected chi connectivity index (χ3v) is 4.67. The minimum Gasteiger partial charge on any atom is -0.497 e. The molecule has 24 heavy (non-hydrogen) atoms. The quantitative estimate of drug-likeness (QED) is 0.560. The molecule has 0 aliphatic heterocycles. The summed E-state index contributed by atoms with van der Waals surface area (Å²) in [6.45, 7) is 6.45. The molecule has 1 rings (SSSR count). The van der Waals surface area contributed by atoms with Crippen LogP contribution in [-0.4, -0.2) is 37.1 Å². The van der Waals surface area contributed by atoms with Crippen LogP contribution in [0, 0.1) is 5.82 Å². The van der Waals surface area contributed by atoms with Crippen molar-refractivity contribution in [3.63, 3.8) is 0 Å². The molecule has 1 aromatic rings. The number of rotatable bonds is 9. The molecule has 0 fully saturated rings. The molecule has 1 unspecified atom stereocenters. The van der Waals surface area contributed by atoms with Gasteiger partial charge in [-0.1, -0.05) is 25.7 Å². The van der Waals surface area contributed by atoms with Crippen molar-refractivity contribution in [3.8, 4) is 5.75 Å². The van der Waals surface area contributed by atoms with Gasteiger partial charge < -0.3 is 9.64 Å². The van der Waals surface area contributed by atoms with Crippen molar-refractivity contribution >= 4 is 17.3 Å². The molecule has 0 bridgehead atoms. The standard InChI is InChI=1S/C19H25F2NOS/c1-6-7-16(17-9-8-15(23-4)12-18(17)20)19(21)13-22(3)11-10-14(2)24-5/h6-9,12-14H,1,10-11H2,2-5H3/b16-7-,19-13+. The number of hydrogen-bond donors (Lipinski definition) is 0. The van der Waals surface area contributed by atoms with Gasteiger partial charge in [0, 0.05) is 42.2 Å². The van der Waals surface area contributed by atoms with Crippen molar-refractivity contribution in [2.75, 3.05) is 27.0 Å². The van der Waals surface area contributed by atoms with E-state index in [0.29, 0.717) is 11.0 Å². The second-order valence-corrected chi connectivity index (χ2v) is 6.73. The average Bonchev–Trinajstić information content (AvgIpc) is 2.57. The number of benzene rings is 1. The fourth-order valence-corrected chi connectivity index (χ4v) is 2.43. The van der Waals surface area contributed by atoms with Crippen LogP contribution in [0.3, 0.4) is 0 Å². The first-order valence-electron chi connectivity index (χ1n) is 7.70. The molecule has 0 aromatic heterocycles. The summed E-state index contributed by atoms with van der Waals surface area (Å²) < 4.78 is 33.9. The van der Waals surface area contributed by atoms with Crippen molar-refractivity contribution in [2.24, 2.45) is 0 Å². The molecule has 0 radical (unpaired) electrons. The van der Waals surface area contributed by atoms with Crippen molar-refractivity contribution < 1.29 is 13.5 Å². The Labute approximate surface area is 147 Å². The summed E-state index contributed by atoms with van der Waals surface area (Å²) in [5.41, 5.74) is 0.338. The van der Waals surface area contributed by atoms with E-state index in [2.05, 4.69) is 19.8 Å². The Kier molecular flexibility index (Phi) is 8.61. The normalized spacial score (nSPS) is 13.6. The van der Waals surface area contributed by atoms with E-state index in [4.69, 9.17) is 4.74 Å². The second kappa shape index (κ2) is 10.2. The topological polar surface area (TPSA) is 12.5 Å². The summed E-state index contributed by atoms with van der Waals surface area (Å²) in [5.74, 6) is -0.648. The first-order chi connectivity index (χ1) is 11.4. The Balaban J connectivity index is 3.01. The third-order valence-electron chi connectivity index (χ3n) is 3.63. The predicted octanol–water partition coefficient (Wildman–Crippen LogP) is 5.29. The van der Waals surface area contributed by atoms with Crippen molar-refractivity contribution in [1.82, 2.24) is 4.90 Å². The number of allylic oxidation sites excluding steroid dienone is 4. The molecule has 0 amide bonds. The monoisotopic (exact) mass is 353 g/mol. The summed E-state index contributed by atoms with van der Waals surface area (Å²) >= 11 is 1.78. The Morgan fingerprint density at radius 3 is 2.71 bits per heavy atom. The fourth-order valence-electron chi connectivity index (χ4n) is 2.09. The van der Waals surface area contributed by atoms with E-state index in [1.54, 1.807) is 22.7 Å². The molecule has 0 aliphatic carbocycles. The van der Waals surface area contributed by atoms with Crippen LogP contribution in [0.1, 0.15) is 18.9 Å². The lowest BCUT2D eigenvalue weighted by Crippen LogP contribution is -2.16. The van der Waals surface area contributed by atoms with E-state index in [0.717, 1.165) is 13.0 Å². The van der Waals surface area contributed by atoms with Gasteiger partial charge in [0.1, 0.15) is 17.4 Å². The maximum Gasteiger partial charge on any atom is 0.146 e. The van der Waals surface area contributed by atoms with Gasteiger partial charge in [-0.2, -0.15) is 11.8 Å². The number of thioether (sulfide) groups is 1. The van der Waals surface area contributed by atoms with Crippen LogP contribution in [0.4, 0.5) is 8.78 Å². The van der Waals surface area contributed by atoms with Gasteiger partial charge in [0.25, 0.3) is 0 Å². The van der Waals surface area contributed by atoms with Crippen LogP contribution in [-0.2, 0) is 0 Å². The molecular formula is C19H25F2NOS. The smallest absolute Gasteiger partial charge is 0.146 e. The summed E-state index contributed by atoms with van der Waals surface area (Å²) in [5, 5.41) is 0.506. The summed E-state index contributed by atoms with van der Waals surface area (Å²) in [6.07, 6.45) is 7.31. The van der Waals surface area contributed by atoms with Crippen LogP contribution >= 0.6 is 11.8 Å². The molecule has 0 N–H and O–H groups in total. The Bertz CT molecular complexity index is 613. The van der Waals surface area contributed by atoms with Gasteiger partial charge in [-0.3, -0.25) is 0 Å². The van der Waals surface area contributed by atoms with Crippen LogP contribution < -0.4 is 4.74 Å². The van der Waals surface area contributed by atoms with Gasteiger partial charge in [-0.15, -0.1) is 0 Å². The van der Waals surface area contributed by atoms with Gasteiger partial charge in [0.2, 0.25) is 0 Å². The molecule has 0 spiro atoms. The van der Waals surface area contributed by atoms with E-state index in [9.17, 15) is 8.78 Å². The molecule has 0 aliphatic rings. The van der Waals surface area contributed by atoms with Gasteiger partial charge >= 0.3 is 0 Å². The maximum absolute atomic E-state index is 14.7. The minimum atomic E-state index is -0.537. The van der Waals surface area contributed by atoms with E-state index >= 15 is 0 Å². The zero-order valence-electron chi connectivity index (χ0n) is 14.7.